The molecule has 1 N–H and O–H groups in total. The maximum atomic E-state index is 12.6. The van der Waals surface area contributed by atoms with E-state index >= 15 is 0 Å². The molecule has 26 heavy (non-hydrogen) atoms. The number of unbranched alkanes of at least 4 members (excludes halogenated alkanes) is 3. The number of nitrogens with one attached hydrogen (secondary N) is 1. The molecule has 0 spiro atoms. The monoisotopic (exact) mass is 364 g/mol. The van der Waals surface area contributed by atoms with Crippen LogP contribution in [-0.4, -0.2) is 60.0 Å². The lowest BCUT2D eigenvalue weighted by molar-refractivity contribution is -0.121. The molecule has 1 aromatic heterocycles. The number of amides is 2. The molecule has 2 amide bonds. The zero-order valence-corrected chi connectivity index (χ0v) is 16.3. The maximum absolute atomic E-state index is 12.6. The van der Waals surface area contributed by atoms with Crippen LogP contribution in [0.3, 0.4) is 0 Å². The first kappa shape index (κ1) is 22.0. The summed E-state index contributed by atoms with van der Waals surface area (Å²) >= 11 is 0. The fourth-order valence-corrected chi connectivity index (χ4v) is 2.48. The Morgan fingerprint density at radius 2 is 1.92 bits per heavy atom. The van der Waals surface area contributed by atoms with Crippen LogP contribution >= 0.6 is 0 Å². The number of carbonyl (C=O) groups is 2. The highest BCUT2D eigenvalue weighted by Gasteiger charge is 2.18. The predicted molar refractivity (Wildman–Crippen MR) is 101 cm³/mol. The molecule has 146 valence electrons. The standard InChI is InChI=1S/C19H32N4O3/c1-4-5-6-7-10-20-18(24)9-12-23(11-8-13-26-3)19(25)17-15-21-16(2)14-22-17/h14-15H,4-13H2,1-3H3,(H,20,24). The number of hydrogen-bond donors (Lipinski definition) is 1. The van der Waals surface area contributed by atoms with Gasteiger partial charge in [-0.1, -0.05) is 26.2 Å². The first-order chi connectivity index (χ1) is 12.6. The lowest BCUT2D eigenvalue weighted by Gasteiger charge is -2.22. The number of ether oxygens (including phenoxy) is 1. The molecular formula is C19H32N4O3. The van der Waals surface area contributed by atoms with Crippen molar-refractivity contribution in [1.82, 2.24) is 20.2 Å². The van der Waals surface area contributed by atoms with Crippen molar-refractivity contribution < 1.29 is 14.3 Å². The largest absolute Gasteiger partial charge is 0.385 e. The SMILES string of the molecule is CCCCCCNC(=O)CCN(CCCOC)C(=O)c1cnc(C)cn1. The van der Waals surface area contributed by atoms with E-state index in [9.17, 15) is 9.59 Å². The van der Waals surface area contributed by atoms with E-state index in [0.717, 1.165) is 18.5 Å². The van der Waals surface area contributed by atoms with Gasteiger partial charge in [0.2, 0.25) is 5.91 Å². The normalized spacial score (nSPS) is 10.6. The van der Waals surface area contributed by atoms with Gasteiger partial charge in [0.25, 0.3) is 5.91 Å². The quantitative estimate of drug-likeness (QED) is 0.543. The van der Waals surface area contributed by atoms with Crippen LogP contribution in [0.4, 0.5) is 0 Å². The molecule has 1 rings (SSSR count). The molecule has 0 bridgehead atoms. The van der Waals surface area contributed by atoms with Gasteiger partial charge in [-0.2, -0.15) is 0 Å². The van der Waals surface area contributed by atoms with Crippen LogP contribution in [-0.2, 0) is 9.53 Å². The molecular weight excluding hydrogens is 332 g/mol. The Morgan fingerprint density at radius 3 is 2.58 bits per heavy atom. The predicted octanol–water partition coefficient (Wildman–Crippen LogP) is 2.35. The van der Waals surface area contributed by atoms with E-state index in [1.54, 1.807) is 18.2 Å². The third kappa shape index (κ3) is 8.89. The number of aromatic nitrogens is 2. The number of nitrogens with zero attached hydrogens (tertiary/aromatic N) is 3. The molecule has 0 saturated heterocycles. The number of aryl methyl sites for hydroxylation is 1. The van der Waals surface area contributed by atoms with E-state index < -0.39 is 0 Å². The van der Waals surface area contributed by atoms with E-state index in [2.05, 4.69) is 22.2 Å². The third-order valence-corrected chi connectivity index (χ3v) is 4.03. The Hall–Kier alpha value is -2.02. The van der Waals surface area contributed by atoms with Crippen LogP contribution in [0, 0.1) is 6.92 Å². The van der Waals surface area contributed by atoms with Crippen molar-refractivity contribution in [1.29, 1.82) is 0 Å². The van der Waals surface area contributed by atoms with Gasteiger partial charge in [-0.25, -0.2) is 4.98 Å². The first-order valence-corrected chi connectivity index (χ1v) is 9.42. The molecule has 0 aliphatic heterocycles. The van der Waals surface area contributed by atoms with Crippen molar-refractivity contribution in [3.8, 4) is 0 Å². The van der Waals surface area contributed by atoms with Crippen LogP contribution < -0.4 is 5.32 Å². The summed E-state index contributed by atoms with van der Waals surface area (Å²) in [4.78, 5) is 34.6. The summed E-state index contributed by atoms with van der Waals surface area (Å²) in [5.74, 6) is -0.231. The van der Waals surface area contributed by atoms with Gasteiger partial charge in [0.15, 0.2) is 0 Å². The second-order valence-corrected chi connectivity index (χ2v) is 6.34. The molecule has 0 unspecified atom stereocenters. The second-order valence-electron chi connectivity index (χ2n) is 6.34. The van der Waals surface area contributed by atoms with Gasteiger partial charge in [0.05, 0.1) is 11.9 Å². The number of rotatable bonds is 13. The first-order valence-electron chi connectivity index (χ1n) is 9.42. The van der Waals surface area contributed by atoms with Crippen LogP contribution in [0.5, 0.6) is 0 Å². The number of hydrogen-bond acceptors (Lipinski definition) is 5. The smallest absolute Gasteiger partial charge is 0.274 e. The molecule has 7 nitrogen and oxygen atoms in total. The minimum Gasteiger partial charge on any atom is -0.385 e. The fourth-order valence-electron chi connectivity index (χ4n) is 2.48. The molecule has 0 atom stereocenters. The summed E-state index contributed by atoms with van der Waals surface area (Å²) in [5, 5.41) is 2.92. The Kier molecular flexibility index (Phi) is 11.2. The van der Waals surface area contributed by atoms with Crippen LogP contribution in [0.15, 0.2) is 12.4 Å². The zero-order valence-electron chi connectivity index (χ0n) is 16.3. The van der Waals surface area contributed by atoms with Gasteiger partial charge >= 0.3 is 0 Å². The van der Waals surface area contributed by atoms with Crippen LogP contribution in [0.25, 0.3) is 0 Å². The Labute approximate surface area is 156 Å². The maximum Gasteiger partial charge on any atom is 0.274 e. The molecule has 0 aliphatic rings. The minimum atomic E-state index is -0.204. The number of methoxy groups -OCH3 is 1. The summed E-state index contributed by atoms with van der Waals surface area (Å²) in [5.41, 5.74) is 1.06. The highest BCUT2D eigenvalue weighted by atomic mass is 16.5. The zero-order chi connectivity index (χ0) is 19.2. The Bertz CT molecular complexity index is 534. The van der Waals surface area contributed by atoms with E-state index in [-0.39, 0.29) is 18.2 Å². The molecule has 7 heteroatoms. The van der Waals surface area contributed by atoms with Crippen molar-refractivity contribution in [2.75, 3.05) is 33.4 Å². The summed E-state index contributed by atoms with van der Waals surface area (Å²) in [7, 11) is 1.63. The Morgan fingerprint density at radius 1 is 1.12 bits per heavy atom. The highest BCUT2D eigenvalue weighted by Crippen LogP contribution is 2.04. The average molecular weight is 364 g/mol. The highest BCUT2D eigenvalue weighted by molar-refractivity contribution is 5.92. The molecule has 0 radical (unpaired) electrons. The van der Waals surface area contributed by atoms with Crippen LogP contribution in [0.1, 0.15) is 61.6 Å². The van der Waals surface area contributed by atoms with Gasteiger partial charge in [-0.15, -0.1) is 0 Å². The van der Waals surface area contributed by atoms with Crippen molar-refractivity contribution >= 4 is 11.8 Å². The summed E-state index contributed by atoms with van der Waals surface area (Å²) in [6.45, 7) is 6.12. The summed E-state index contributed by atoms with van der Waals surface area (Å²) in [6.07, 6.45) is 8.54. The van der Waals surface area contributed by atoms with Gasteiger partial charge < -0.3 is 15.0 Å². The average Bonchev–Trinajstić information content (AvgIpc) is 2.64. The number of carbonyl (C=O) groups excluding carboxylic acids is 2. The summed E-state index contributed by atoms with van der Waals surface area (Å²) < 4.78 is 5.06. The second kappa shape index (κ2) is 13.2. The third-order valence-electron chi connectivity index (χ3n) is 4.03. The van der Waals surface area contributed by atoms with Gasteiger partial charge in [0, 0.05) is 46.0 Å². The van der Waals surface area contributed by atoms with E-state index in [1.165, 1.54) is 19.0 Å². The van der Waals surface area contributed by atoms with Gasteiger partial charge in [0.1, 0.15) is 5.69 Å². The van der Waals surface area contributed by atoms with E-state index in [1.807, 2.05) is 6.92 Å². The molecule has 0 saturated carbocycles. The van der Waals surface area contributed by atoms with Gasteiger partial charge in [-0.05, 0) is 19.8 Å². The molecule has 0 aromatic carbocycles. The molecule has 0 fully saturated rings. The van der Waals surface area contributed by atoms with Crippen molar-refractivity contribution in [2.24, 2.45) is 0 Å². The van der Waals surface area contributed by atoms with Gasteiger partial charge in [-0.3, -0.25) is 14.6 Å². The lowest BCUT2D eigenvalue weighted by atomic mass is 10.2. The fraction of sp³-hybridized carbons (Fsp3) is 0.684. The topological polar surface area (TPSA) is 84.4 Å². The van der Waals surface area contributed by atoms with Crippen molar-refractivity contribution in [3.05, 3.63) is 23.8 Å². The summed E-state index contributed by atoms with van der Waals surface area (Å²) in [6, 6.07) is 0. The Balaban J connectivity index is 2.50. The van der Waals surface area contributed by atoms with Crippen LogP contribution in [0.2, 0.25) is 0 Å². The minimum absolute atomic E-state index is 0.0268. The van der Waals surface area contributed by atoms with Crippen molar-refractivity contribution in [3.63, 3.8) is 0 Å². The lowest BCUT2D eigenvalue weighted by Crippen LogP contribution is -2.37. The molecule has 1 heterocycles. The van der Waals surface area contributed by atoms with E-state index in [0.29, 0.717) is 38.4 Å². The molecule has 1 aromatic rings. The molecule has 0 aliphatic carbocycles. The van der Waals surface area contributed by atoms with E-state index in [4.69, 9.17) is 4.74 Å². The van der Waals surface area contributed by atoms with Crippen molar-refractivity contribution in [2.45, 2.75) is 52.4 Å².